The van der Waals surface area contributed by atoms with Crippen LogP contribution in [0.15, 0.2) is 12.2 Å². The largest absolute Gasteiger partial charge is 0.461 e. The molecule has 0 aliphatic rings. The van der Waals surface area contributed by atoms with Gasteiger partial charge in [-0.2, -0.15) is 0 Å². The highest BCUT2D eigenvalue weighted by molar-refractivity contribution is 6.15. The molecule has 0 aromatic carbocycles. The molecule has 0 atom stereocenters. The van der Waals surface area contributed by atoms with Gasteiger partial charge in [-0.25, -0.2) is 4.79 Å². The molecule has 0 aliphatic carbocycles. The van der Waals surface area contributed by atoms with Crippen LogP contribution in [0.4, 0.5) is 0 Å². The molecule has 0 aromatic rings. The second-order valence-corrected chi connectivity index (χ2v) is 2.72. The lowest BCUT2D eigenvalue weighted by Crippen LogP contribution is -2.20. The fourth-order valence-corrected chi connectivity index (χ4v) is 0.444. The fourth-order valence-electron chi connectivity index (χ4n) is 0.444. The second kappa shape index (κ2) is 9.55. The van der Waals surface area contributed by atoms with E-state index in [2.05, 4.69) is 18.2 Å². The Morgan fingerprint density at radius 3 is 2.23 bits per heavy atom. The van der Waals surface area contributed by atoms with E-state index < -0.39 is 0 Å². The van der Waals surface area contributed by atoms with E-state index in [-0.39, 0.29) is 5.97 Å². The summed E-state index contributed by atoms with van der Waals surface area (Å²) < 4.78 is 4.83. The Kier molecular flexibility index (Phi) is 11.0. The van der Waals surface area contributed by atoms with Crippen molar-refractivity contribution in [3.05, 3.63) is 12.2 Å². The van der Waals surface area contributed by atoms with E-state index in [1.165, 1.54) is 6.38 Å². The number of carbonyl (C=O) groups is 1. The van der Waals surface area contributed by atoms with Crippen molar-refractivity contribution in [1.82, 2.24) is 4.90 Å². The monoisotopic (exact) mass is 207 g/mol. The number of hydrogen-bond acceptors (Lipinski definition) is 3. The molecule has 0 radical (unpaired) electrons. The summed E-state index contributed by atoms with van der Waals surface area (Å²) in [6, 6.07) is 0. The van der Waals surface area contributed by atoms with Crippen LogP contribution in [0.3, 0.4) is 0 Å². The minimum absolute atomic E-state index is 0.313. The minimum atomic E-state index is -0.313. The van der Waals surface area contributed by atoms with Crippen LogP contribution in [0.25, 0.3) is 0 Å². The highest BCUT2D eigenvalue weighted by Gasteiger charge is 2.01. The first kappa shape index (κ1) is 15.0. The van der Waals surface area contributed by atoms with E-state index in [0.29, 0.717) is 12.2 Å². The predicted octanol–water partition coefficient (Wildman–Crippen LogP) is 1.52. The molecule has 0 N–H and O–H groups in total. The summed E-state index contributed by atoms with van der Waals surface area (Å²) in [4.78, 5) is 12.7. The van der Waals surface area contributed by atoms with Crippen molar-refractivity contribution >= 4 is 17.6 Å². The zero-order chi connectivity index (χ0) is 10.9. The Bertz CT molecular complexity index is 158. The zero-order valence-electron chi connectivity index (χ0n) is 8.76. The van der Waals surface area contributed by atoms with Crippen LogP contribution in [0, 0.1) is 0 Å². The molecule has 0 aromatic heterocycles. The lowest BCUT2D eigenvalue weighted by molar-refractivity contribution is -0.139. The average Bonchev–Trinajstić information content (AvgIpc) is 2.07. The summed E-state index contributed by atoms with van der Waals surface area (Å²) in [6.45, 7) is 6.28. The summed E-state index contributed by atoms with van der Waals surface area (Å²) >= 11 is 4.64. The number of ether oxygens (including phenoxy) is 1. The highest BCUT2D eigenvalue weighted by Crippen LogP contribution is 1.91. The number of alkyl halides is 1. The third-order valence-corrected chi connectivity index (χ3v) is 1.12. The molecular weight excluding hydrogens is 190 g/mol. The van der Waals surface area contributed by atoms with Gasteiger partial charge in [-0.1, -0.05) is 6.58 Å². The van der Waals surface area contributed by atoms with Crippen LogP contribution in [-0.4, -0.2) is 44.5 Å². The Balaban J connectivity index is 0. The minimum Gasteiger partial charge on any atom is -0.461 e. The Hall–Kier alpha value is -0.540. The number of nitrogens with zero attached hydrogens (tertiary/aromatic N) is 1. The molecule has 0 heterocycles. The van der Waals surface area contributed by atoms with Crippen molar-refractivity contribution in [1.29, 1.82) is 0 Å². The van der Waals surface area contributed by atoms with E-state index in [9.17, 15) is 4.79 Å². The Labute approximate surface area is 85.3 Å². The zero-order valence-corrected chi connectivity index (χ0v) is 9.52. The SMILES string of the molecule is C=C(C)C(=O)OCCN(C)C.CCl. The molecule has 0 bridgehead atoms. The van der Waals surface area contributed by atoms with E-state index in [0.717, 1.165) is 6.54 Å². The quantitative estimate of drug-likeness (QED) is 0.398. The van der Waals surface area contributed by atoms with Gasteiger partial charge in [-0.15, -0.1) is 11.6 Å². The van der Waals surface area contributed by atoms with E-state index >= 15 is 0 Å². The van der Waals surface area contributed by atoms with Crippen LogP contribution < -0.4 is 0 Å². The van der Waals surface area contributed by atoms with Crippen LogP contribution in [-0.2, 0) is 9.53 Å². The van der Waals surface area contributed by atoms with Crippen molar-refractivity contribution in [3.63, 3.8) is 0 Å². The fraction of sp³-hybridized carbons (Fsp3) is 0.667. The van der Waals surface area contributed by atoms with Gasteiger partial charge in [-0.05, 0) is 21.0 Å². The maximum absolute atomic E-state index is 10.8. The number of hydrogen-bond donors (Lipinski definition) is 0. The van der Waals surface area contributed by atoms with Crippen LogP contribution in [0.1, 0.15) is 6.92 Å². The van der Waals surface area contributed by atoms with Gasteiger partial charge in [0.1, 0.15) is 6.61 Å². The smallest absolute Gasteiger partial charge is 0.333 e. The molecule has 0 saturated carbocycles. The Morgan fingerprint density at radius 1 is 1.46 bits per heavy atom. The van der Waals surface area contributed by atoms with E-state index in [4.69, 9.17) is 4.74 Å². The van der Waals surface area contributed by atoms with Crippen molar-refractivity contribution < 1.29 is 9.53 Å². The second-order valence-electron chi connectivity index (χ2n) is 2.72. The summed E-state index contributed by atoms with van der Waals surface area (Å²) in [5.74, 6) is -0.313. The molecule has 3 nitrogen and oxygen atoms in total. The molecule has 0 amide bonds. The molecule has 0 fully saturated rings. The average molecular weight is 208 g/mol. The van der Waals surface area contributed by atoms with Crippen molar-refractivity contribution in [2.75, 3.05) is 33.6 Å². The molecule has 4 heteroatoms. The van der Waals surface area contributed by atoms with Crippen molar-refractivity contribution in [3.8, 4) is 0 Å². The standard InChI is InChI=1S/C8H15NO2.CH3Cl/c1-7(2)8(10)11-6-5-9(3)4;1-2/h1,5-6H2,2-4H3;1H3. The van der Waals surface area contributed by atoms with Crippen LogP contribution in [0.5, 0.6) is 0 Å². The van der Waals surface area contributed by atoms with Crippen molar-refractivity contribution in [2.24, 2.45) is 0 Å². The summed E-state index contributed by atoms with van der Waals surface area (Å²) in [5, 5.41) is 0. The number of carbonyl (C=O) groups excluding carboxylic acids is 1. The summed E-state index contributed by atoms with van der Waals surface area (Å²) in [5.41, 5.74) is 0.448. The lowest BCUT2D eigenvalue weighted by Gasteiger charge is -2.09. The third-order valence-electron chi connectivity index (χ3n) is 1.12. The predicted molar refractivity (Wildman–Crippen MR) is 56.1 cm³/mol. The first-order valence-electron chi connectivity index (χ1n) is 3.89. The Morgan fingerprint density at radius 2 is 1.92 bits per heavy atom. The van der Waals surface area contributed by atoms with E-state index in [1.54, 1.807) is 6.92 Å². The van der Waals surface area contributed by atoms with Gasteiger partial charge in [0, 0.05) is 18.5 Å². The van der Waals surface area contributed by atoms with Gasteiger partial charge >= 0.3 is 5.97 Å². The molecule has 78 valence electrons. The number of esters is 1. The molecule has 0 rings (SSSR count). The van der Waals surface area contributed by atoms with Gasteiger partial charge < -0.3 is 9.64 Å². The number of halogens is 1. The van der Waals surface area contributed by atoms with E-state index in [1.807, 2.05) is 19.0 Å². The lowest BCUT2D eigenvalue weighted by atomic mass is 10.4. The first-order chi connectivity index (χ1) is 6.04. The number of likely N-dealkylation sites (N-methyl/N-ethyl adjacent to an activating group) is 1. The normalized spacial score (nSPS) is 8.77. The van der Waals surface area contributed by atoms with Gasteiger partial charge in [0.2, 0.25) is 0 Å². The highest BCUT2D eigenvalue weighted by atomic mass is 35.5. The summed E-state index contributed by atoms with van der Waals surface area (Å²) in [7, 11) is 3.85. The molecule has 0 spiro atoms. The molecule has 0 aliphatic heterocycles. The topological polar surface area (TPSA) is 29.5 Å². The third kappa shape index (κ3) is 11.5. The summed E-state index contributed by atoms with van der Waals surface area (Å²) in [6.07, 6.45) is 1.47. The van der Waals surface area contributed by atoms with Gasteiger partial charge in [-0.3, -0.25) is 0 Å². The van der Waals surface area contributed by atoms with Crippen LogP contribution >= 0.6 is 11.6 Å². The molecular formula is C9H18ClNO2. The molecule has 13 heavy (non-hydrogen) atoms. The van der Waals surface area contributed by atoms with Crippen LogP contribution in [0.2, 0.25) is 0 Å². The first-order valence-corrected chi connectivity index (χ1v) is 4.65. The van der Waals surface area contributed by atoms with Gasteiger partial charge in [0.05, 0.1) is 0 Å². The molecule has 0 unspecified atom stereocenters. The van der Waals surface area contributed by atoms with Crippen molar-refractivity contribution in [2.45, 2.75) is 6.92 Å². The van der Waals surface area contributed by atoms with Gasteiger partial charge in [0.25, 0.3) is 0 Å². The molecule has 0 saturated heterocycles. The van der Waals surface area contributed by atoms with Gasteiger partial charge in [0.15, 0.2) is 0 Å². The maximum Gasteiger partial charge on any atom is 0.333 e. The number of rotatable bonds is 4. The maximum atomic E-state index is 10.8.